The van der Waals surface area contributed by atoms with Crippen LogP contribution in [0.3, 0.4) is 0 Å². The first-order chi connectivity index (χ1) is 13.6. The van der Waals surface area contributed by atoms with Gasteiger partial charge in [0.25, 0.3) is 0 Å². The number of likely N-dealkylation sites (tertiary alicyclic amines) is 1. The number of urea groups is 1. The van der Waals surface area contributed by atoms with Gasteiger partial charge in [-0.25, -0.2) is 14.3 Å². The molecule has 0 aliphatic carbocycles. The van der Waals surface area contributed by atoms with Crippen LogP contribution in [0.15, 0.2) is 29.1 Å². The molecule has 1 saturated heterocycles. The number of fused-ring (bicyclic) bond motifs is 1. The zero-order valence-electron chi connectivity index (χ0n) is 15.7. The van der Waals surface area contributed by atoms with Crippen molar-refractivity contribution in [1.82, 2.24) is 24.6 Å². The first-order valence-corrected chi connectivity index (χ1v) is 10.2. The average molecular weight is 405 g/mol. The van der Waals surface area contributed by atoms with Gasteiger partial charge in [0.05, 0.1) is 6.54 Å². The van der Waals surface area contributed by atoms with E-state index in [1.165, 1.54) is 0 Å². The van der Waals surface area contributed by atoms with Crippen molar-refractivity contribution in [1.29, 1.82) is 0 Å². The molecule has 0 saturated carbocycles. The Morgan fingerprint density at radius 3 is 2.79 bits per heavy atom. The fourth-order valence-electron chi connectivity index (χ4n) is 3.87. The second-order valence-corrected chi connectivity index (χ2v) is 7.86. The van der Waals surface area contributed by atoms with Crippen LogP contribution in [0.5, 0.6) is 0 Å². The summed E-state index contributed by atoms with van der Waals surface area (Å²) in [5.74, 6) is 0.913. The first-order valence-electron chi connectivity index (χ1n) is 9.80. The highest BCUT2D eigenvalue weighted by Gasteiger charge is 2.24. The van der Waals surface area contributed by atoms with Gasteiger partial charge >= 0.3 is 11.7 Å². The third-order valence-electron chi connectivity index (χ3n) is 5.37. The highest BCUT2D eigenvalue weighted by Crippen LogP contribution is 2.14. The Kier molecular flexibility index (Phi) is 5.68. The van der Waals surface area contributed by atoms with Crippen LogP contribution in [0.25, 0.3) is 0 Å². The fraction of sp³-hybridized carbons (Fsp3) is 0.526. The van der Waals surface area contributed by atoms with E-state index in [0.717, 1.165) is 57.7 Å². The third-order valence-corrected chi connectivity index (χ3v) is 5.62. The van der Waals surface area contributed by atoms with Crippen LogP contribution >= 0.6 is 11.6 Å². The van der Waals surface area contributed by atoms with Crippen molar-refractivity contribution in [3.8, 4) is 0 Å². The minimum Gasteiger partial charge on any atom is -0.334 e. The number of carbonyl (C=O) groups excluding carboxylic acids is 1. The van der Waals surface area contributed by atoms with Crippen LogP contribution in [0.4, 0.5) is 10.5 Å². The maximum absolute atomic E-state index is 12.4. The number of hydrogen-bond donors (Lipinski definition) is 2. The second kappa shape index (κ2) is 8.36. The number of amides is 2. The van der Waals surface area contributed by atoms with E-state index in [2.05, 4.69) is 20.6 Å². The van der Waals surface area contributed by atoms with Gasteiger partial charge in [0, 0.05) is 49.4 Å². The molecule has 8 nitrogen and oxygen atoms in total. The second-order valence-electron chi connectivity index (χ2n) is 7.42. The largest absolute Gasteiger partial charge is 0.345 e. The number of hydrogen-bond acceptors (Lipinski definition) is 4. The summed E-state index contributed by atoms with van der Waals surface area (Å²) >= 11 is 5.85. The lowest BCUT2D eigenvalue weighted by atomic mass is 10.2. The number of nitrogens with one attached hydrogen (secondary N) is 2. The molecule has 2 aliphatic heterocycles. The lowest BCUT2D eigenvalue weighted by Crippen LogP contribution is -2.40. The van der Waals surface area contributed by atoms with E-state index in [-0.39, 0.29) is 17.8 Å². The number of anilines is 1. The Bertz CT molecular complexity index is 891. The van der Waals surface area contributed by atoms with Gasteiger partial charge in [-0.05, 0) is 43.5 Å². The molecule has 28 heavy (non-hydrogen) atoms. The molecule has 3 heterocycles. The summed E-state index contributed by atoms with van der Waals surface area (Å²) < 4.78 is 3.40. The predicted octanol–water partition coefficient (Wildman–Crippen LogP) is 1.93. The van der Waals surface area contributed by atoms with Crippen LogP contribution in [-0.2, 0) is 19.5 Å². The quantitative estimate of drug-likeness (QED) is 0.797. The number of benzene rings is 1. The average Bonchev–Trinajstić information content (AvgIpc) is 3.26. The molecule has 2 N–H and O–H groups in total. The van der Waals surface area contributed by atoms with E-state index in [9.17, 15) is 9.59 Å². The number of aromatic nitrogens is 3. The minimum atomic E-state index is -0.216. The van der Waals surface area contributed by atoms with Crippen molar-refractivity contribution in [2.75, 3.05) is 25.0 Å². The maximum atomic E-state index is 12.4. The Morgan fingerprint density at radius 2 is 2.00 bits per heavy atom. The number of nitrogens with zero attached hydrogens (tertiary/aromatic N) is 4. The molecule has 1 aromatic carbocycles. The van der Waals surface area contributed by atoms with Gasteiger partial charge in [0.1, 0.15) is 5.82 Å². The van der Waals surface area contributed by atoms with E-state index < -0.39 is 0 Å². The predicted molar refractivity (Wildman–Crippen MR) is 108 cm³/mol. The van der Waals surface area contributed by atoms with Crippen molar-refractivity contribution in [2.45, 2.75) is 44.8 Å². The molecule has 9 heteroatoms. The molecular weight excluding hydrogens is 380 g/mol. The van der Waals surface area contributed by atoms with Gasteiger partial charge in [-0.1, -0.05) is 11.6 Å². The molecule has 1 atom stereocenters. The van der Waals surface area contributed by atoms with E-state index >= 15 is 0 Å². The highest BCUT2D eigenvalue weighted by atomic mass is 35.5. The molecule has 1 unspecified atom stereocenters. The van der Waals surface area contributed by atoms with Crippen molar-refractivity contribution < 1.29 is 4.79 Å². The molecule has 4 rings (SSSR count). The molecule has 2 amide bonds. The smallest absolute Gasteiger partial charge is 0.334 e. The molecule has 0 bridgehead atoms. The monoisotopic (exact) mass is 404 g/mol. The Labute approximate surface area is 168 Å². The van der Waals surface area contributed by atoms with Crippen LogP contribution < -0.4 is 16.3 Å². The van der Waals surface area contributed by atoms with Crippen LogP contribution in [0, 0.1) is 0 Å². The van der Waals surface area contributed by atoms with Gasteiger partial charge in [0.2, 0.25) is 0 Å². The summed E-state index contributed by atoms with van der Waals surface area (Å²) in [6.45, 7) is 3.80. The Hall–Kier alpha value is -2.32. The first kappa shape index (κ1) is 19.0. The normalized spacial score (nSPS) is 19.4. The van der Waals surface area contributed by atoms with Crippen molar-refractivity contribution in [3.63, 3.8) is 0 Å². The van der Waals surface area contributed by atoms with Crippen LogP contribution in [-0.4, -0.2) is 51.0 Å². The lowest BCUT2D eigenvalue weighted by Gasteiger charge is -2.16. The number of aryl methyl sites for hydroxylation is 1. The summed E-state index contributed by atoms with van der Waals surface area (Å²) in [5, 5.41) is 10.9. The zero-order valence-corrected chi connectivity index (χ0v) is 16.5. The van der Waals surface area contributed by atoms with E-state index in [4.69, 9.17) is 11.6 Å². The van der Waals surface area contributed by atoms with Gasteiger partial charge < -0.3 is 10.6 Å². The van der Waals surface area contributed by atoms with E-state index in [1.54, 1.807) is 33.5 Å². The lowest BCUT2D eigenvalue weighted by molar-refractivity contribution is 0.247. The topological polar surface area (TPSA) is 84.2 Å². The zero-order chi connectivity index (χ0) is 19.5. The summed E-state index contributed by atoms with van der Waals surface area (Å²) in [7, 11) is 0. The molecular formula is C19H25ClN6O2. The molecule has 0 radical (unpaired) electrons. The molecule has 2 aliphatic rings. The highest BCUT2D eigenvalue weighted by molar-refractivity contribution is 6.30. The Balaban J connectivity index is 1.24. The van der Waals surface area contributed by atoms with Gasteiger partial charge in [0.15, 0.2) is 0 Å². The van der Waals surface area contributed by atoms with Crippen LogP contribution in [0.2, 0.25) is 5.02 Å². The van der Waals surface area contributed by atoms with Crippen molar-refractivity contribution in [2.24, 2.45) is 0 Å². The van der Waals surface area contributed by atoms with Gasteiger partial charge in [-0.2, -0.15) is 5.10 Å². The molecule has 1 fully saturated rings. The summed E-state index contributed by atoms with van der Waals surface area (Å²) in [6, 6.07) is 6.90. The molecule has 2 aromatic rings. The third kappa shape index (κ3) is 4.39. The number of carbonyl (C=O) groups is 1. The van der Waals surface area contributed by atoms with Crippen LogP contribution in [0.1, 0.15) is 25.1 Å². The van der Waals surface area contributed by atoms with Crippen molar-refractivity contribution in [3.05, 3.63) is 45.6 Å². The minimum absolute atomic E-state index is 0.00548. The SMILES string of the molecule is O=C(Nc1ccc(Cl)cc1)NC1CCN(CCn2nc3n(c2=O)CCCC3)C1. The van der Waals surface area contributed by atoms with E-state index in [0.29, 0.717) is 17.3 Å². The summed E-state index contributed by atoms with van der Waals surface area (Å²) in [6.07, 6.45) is 3.94. The number of halogens is 1. The maximum Gasteiger partial charge on any atom is 0.345 e. The fourth-order valence-corrected chi connectivity index (χ4v) is 4.00. The molecule has 150 valence electrons. The van der Waals surface area contributed by atoms with Gasteiger partial charge in [-0.3, -0.25) is 9.47 Å². The van der Waals surface area contributed by atoms with Crippen molar-refractivity contribution >= 4 is 23.3 Å². The molecule has 0 spiro atoms. The van der Waals surface area contributed by atoms with Gasteiger partial charge in [-0.15, -0.1) is 0 Å². The standard InChI is InChI=1S/C19H25ClN6O2/c20-14-4-6-15(7-5-14)21-18(27)22-16-8-10-24(13-16)11-12-26-19(28)25-9-2-1-3-17(25)23-26/h4-7,16H,1-3,8-13H2,(H2,21,22,27). The summed E-state index contributed by atoms with van der Waals surface area (Å²) in [5.41, 5.74) is 0.714. The molecule has 1 aromatic heterocycles. The Morgan fingerprint density at radius 1 is 1.18 bits per heavy atom. The van der Waals surface area contributed by atoms with E-state index in [1.807, 2.05) is 0 Å². The summed E-state index contributed by atoms with van der Waals surface area (Å²) in [4.78, 5) is 26.8. The number of rotatable bonds is 5.